The van der Waals surface area contributed by atoms with E-state index in [1.807, 2.05) is 12.1 Å². The molecule has 3 aliphatic heterocycles. The van der Waals surface area contributed by atoms with Gasteiger partial charge in [-0.15, -0.1) is 0 Å². The fourth-order valence-corrected chi connectivity index (χ4v) is 4.35. The normalized spacial score (nSPS) is 30.8. The third-order valence-corrected chi connectivity index (χ3v) is 5.72. The predicted octanol–water partition coefficient (Wildman–Crippen LogP) is 2.07. The number of nitrogens with one attached hydrogen (secondary N) is 1. The van der Waals surface area contributed by atoms with E-state index < -0.39 is 0 Å². The zero-order valence-electron chi connectivity index (χ0n) is 14.6. The molecule has 1 aromatic rings. The maximum Gasteiger partial charge on any atom is 0.253 e. The molecule has 3 aliphatic rings. The summed E-state index contributed by atoms with van der Waals surface area (Å²) in [7, 11) is 0. The van der Waals surface area contributed by atoms with Gasteiger partial charge in [0, 0.05) is 38.5 Å². The van der Waals surface area contributed by atoms with Gasteiger partial charge in [0.2, 0.25) is 0 Å². The van der Waals surface area contributed by atoms with Crippen LogP contribution in [0.15, 0.2) is 24.5 Å². The second-order valence-electron chi connectivity index (χ2n) is 7.38. The van der Waals surface area contributed by atoms with Crippen LogP contribution >= 0.6 is 0 Å². The molecule has 3 saturated heterocycles. The number of likely N-dealkylation sites (tertiary alicyclic amines) is 1. The Kier molecular flexibility index (Phi) is 5.29. The smallest absolute Gasteiger partial charge is 0.253 e. The van der Waals surface area contributed by atoms with Gasteiger partial charge in [0.15, 0.2) is 0 Å². The van der Waals surface area contributed by atoms with Crippen molar-refractivity contribution < 1.29 is 14.3 Å². The number of anilines is 1. The first-order valence-electron chi connectivity index (χ1n) is 9.48. The summed E-state index contributed by atoms with van der Waals surface area (Å²) in [6, 6.07) is 4.14. The Morgan fingerprint density at radius 1 is 1.24 bits per heavy atom. The minimum Gasteiger partial charge on any atom is -0.381 e. The minimum atomic E-state index is -0.343. The molecule has 6 nitrogen and oxygen atoms in total. The molecule has 3 atom stereocenters. The van der Waals surface area contributed by atoms with Gasteiger partial charge in [-0.05, 0) is 50.2 Å². The first-order chi connectivity index (χ1) is 12.3. The number of aromatic nitrogens is 1. The van der Waals surface area contributed by atoms with Crippen LogP contribution in [0, 0.1) is 5.92 Å². The predicted molar refractivity (Wildman–Crippen MR) is 94.3 cm³/mol. The molecule has 3 fully saturated rings. The molecule has 6 heteroatoms. The van der Waals surface area contributed by atoms with Crippen LogP contribution in [0.4, 0.5) is 5.69 Å². The summed E-state index contributed by atoms with van der Waals surface area (Å²) in [5, 5.41) is 2.91. The van der Waals surface area contributed by atoms with Crippen molar-refractivity contribution in [3.05, 3.63) is 24.5 Å². The molecule has 1 aromatic heterocycles. The first kappa shape index (κ1) is 16.9. The molecule has 0 spiro atoms. The summed E-state index contributed by atoms with van der Waals surface area (Å²) in [6.45, 7) is 4.05. The number of hydrogen-bond donors (Lipinski definition) is 1. The highest BCUT2D eigenvalue weighted by atomic mass is 16.5. The van der Waals surface area contributed by atoms with Gasteiger partial charge < -0.3 is 14.8 Å². The monoisotopic (exact) mass is 345 g/mol. The number of fused-ring (bicyclic) bond motifs is 1. The highest BCUT2D eigenvalue weighted by molar-refractivity contribution is 5.94. The third kappa shape index (κ3) is 4.02. The first-order valence-corrected chi connectivity index (χ1v) is 9.48. The van der Waals surface area contributed by atoms with Crippen molar-refractivity contribution >= 4 is 11.6 Å². The van der Waals surface area contributed by atoms with Gasteiger partial charge in [-0.3, -0.25) is 14.7 Å². The van der Waals surface area contributed by atoms with E-state index in [0.717, 1.165) is 57.2 Å². The standard InChI is InChI=1S/C19H27N3O3/c23-19(21-15-2-1-8-20-12-15)18-4-3-16-17(25-18)5-9-22(16)13-14-6-10-24-11-7-14/h1-2,8,12,14,16-18H,3-7,9-11,13H2,(H,21,23)/t16-,17-,18-/m0/s1. The van der Waals surface area contributed by atoms with Crippen molar-refractivity contribution in [3.63, 3.8) is 0 Å². The van der Waals surface area contributed by atoms with Gasteiger partial charge in [-0.1, -0.05) is 0 Å². The zero-order valence-corrected chi connectivity index (χ0v) is 14.6. The molecule has 0 unspecified atom stereocenters. The van der Waals surface area contributed by atoms with Gasteiger partial charge in [-0.25, -0.2) is 0 Å². The molecule has 136 valence electrons. The van der Waals surface area contributed by atoms with Crippen LogP contribution in [0.3, 0.4) is 0 Å². The lowest BCUT2D eigenvalue weighted by atomic mass is 9.96. The second kappa shape index (κ2) is 7.81. The number of ether oxygens (including phenoxy) is 2. The van der Waals surface area contributed by atoms with Gasteiger partial charge in [0.1, 0.15) is 6.10 Å². The van der Waals surface area contributed by atoms with Crippen molar-refractivity contribution in [3.8, 4) is 0 Å². The lowest BCUT2D eigenvalue weighted by Crippen LogP contribution is -2.47. The molecule has 0 aliphatic carbocycles. The fourth-order valence-electron chi connectivity index (χ4n) is 4.35. The van der Waals surface area contributed by atoms with Gasteiger partial charge >= 0.3 is 0 Å². The molecule has 0 aromatic carbocycles. The molecular weight excluding hydrogens is 318 g/mol. The summed E-state index contributed by atoms with van der Waals surface area (Å²) in [4.78, 5) is 19.1. The van der Waals surface area contributed by atoms with Crippen LogP contribution in [0.1, 0.15) is 32.1 Å². The third-order valence-electron chi connectivity index (χ3n) is 5.72. The van der Waals surface area contributed by atoms with E-state index >= 15 is 0 Å². The average Bonchev–Trinajstić information content (AvgIpc) is 3.05. The Morgan fingerprint density at radius 2 is 2.12 bits per heavy atom. The number of hydrogen-bond acceptors (Lipinski definition) is 5. The van der Waals surface area contributed by atoms with Crippen molar-refractivity contribution in [2.24, 2.45) is 5.92 Å². The molecule has 0 saturated carbocycles. The Balaban J connectivity index is 1.30. The molecular formula is C19H27N3O3. The van der Waals surface area contributed by atoms with E-state index in [4.69, 9.17) is 9.47 Å². The lowest BCUT2D eigenvalue weighted by Gasteiger charge is -2.37. The number of nitrogens with zero attached hydrogens (tertiary/aromatic N) is 2. The largest absolute Gasteiger partial charge is 0.381 e. The second-order valence-corrected chi connectivity index (χ2v) is 7.38. The highest BCUT2D eigenvalue weighted by Crippen LogP contribution is 2.33. The highest BCUT2D eigenvalue weighted by Gasteiger charge is 2.42. The van der Waals surface area contributed by atoms with Crippen molar-refractivity contribution in [2.45, 2.75) is 50.4 Å². The van der Waals surface area contributed by atoms with Crippen molar-refractivity contribution in [2.75, 3.05) is 31.6 Å². The van der Waals surface area contributed by atoms with E-state index in [9.17, 15) is 4.79 Å². The molecule has 0 radical (unpaired) electrons. The number of carbonyl (C=O) groups excluding carboxylic acids is 1. The number of pyridine rings is 1. The van der Waals surface area contributed by atoms with Crippen molar-refractivity contribution in [1.29, 1.82) is 0 Å². The van der Waals surface area contributed by atoms with Gasteiger partial charge in [0.25, 0.3) is 5.91 Å². The van der Waals surface area contributed by atoms with E-state index in [1.165, 1.54) is 12.8 Å². The van der Waals surface area contributed by atoms with Crippen LogP contribution < -0.4 is 5.32 Å². The Labute approximate surface area is 148 Å². The maximum absolute atomic E-state index is 12.5. The Bertz CT molecular complexity index is 577. The molecule has 0 bridgehead atoms. The SMILES string of the molecule is O=C(Nc1cccnc1)[C@@H]1CC[C@H]2[C@H](CCN2CC2CCOCC2)O1. The summed E-state index contributed by atoms with van der Waals surface area (Å²) >= 11 is 0. The van der Waals surface area contributed by atoms with Crippen LogP contribution in [0.2, 0.25) is 0 Å². The molecule has 4 heterocycles. The summed E-state index contributed by atoms with van der Waals surface area (Å²) in [5.41, 5.74) is 0.728. The molecule has 4 rings (SSSR count). The van der Waals surface area contributed by atoms with Crippen molar-refractivity contribution in [1.82, 2.24) is 9.88 Å². The number of amides is 1. The van der Waals surface area contributed by atoms with Gasteiger partial charge in [-0.2, -0.15) is 0 Å². The quantitative estimate of drug-likeness (QED) is 0.905. The van der Waals surface area contributed by atoms with Gasteiger partial charge in [0.05, 0.1) is 18.0 Å². The Morgan fingerprint density at radius 3 is 2.92 bits per heavy atom. The molecule has 1 amide bonds. The molecule has 25 heavy (non-hydrogen) atoms. The number of carbonyl (C=O) groups is 1. The summed E-state index contributed by atoms with van der Waals surface area (Å²) < 4.78 is 11.6. The fraction of sp³-hybridized carbons (Fsp3) is 0.684. The van der Waals surface area contributed by atoms with E-state index in [-0.39, 0.29) is 18.1 Å². The topological polar surface area (TPSA) is 63.7 Å². The number of rotatable bonds is 4. The average molecular weight is 345 g/mol. The summed E-state index contributed by atoms with van der Waals surface area (Å²) in [6.07, 6.45) is 8.41. The van der Waals surface area contributed by atoms with E-state index in [2.05, 4.69) is 15.2 Å². The van der Waals surface area contributed by atoms with Crippen LogP contribution in [-0.4, -0.2) is 60.3 Å². The van der Waals surface area contributed by atoms with Crippen LogP contribution in [0.5, 0.6) is 0 Å². The molecule has 1 N–H and O–H groups in total. The van der Waals surface area contributed by atoms with Crippen LogP contribution in [0.25, 0.3) is 0 Å². The zero-order chi connectivity index (χ0) is 17.1. The minimum absolute atomic E-state index is 0.0469. The van der Waals surface area contributed by atoms with E-state index in [1.54, 1.807) is 12.4 Å². The summed E-state index contributed by atoms with van der Waals surface area (Å²) in [5.74, 6) is 0.702. The lowest BCUT2D eigenvalue weighted by molar-refractivity contribution is -0.138. The Hall–Kier alpha value is -1.50. The van der Waals surface area contributed by atoms with E-state index in [0.29, 0.717) is 6.04 Å². The van der Waals surface area contributed by atoms with Crippen LogP contribution in [-0.2, 0) is 14.3 Å². The maximum atomic E-state index is 12.5.